The van der Waals surface area contributed by atoms with Gasteiger partial charge in [0, 0.05) is 26.8 Å². The van der Waals surface area contributed by atoms with Crippen LogP contribution in [0.15, 0.2) is 42.6 Å². The predicted molar refractivity (Wildman–Crippen MR) is 89.7 cm³/mol. The number of hydrogen-bond acceptors (Lipinski definition) is 2. The van der Waals surface area contributed by atoms with Gasteiger partial charge in [-0.15, -0.1) is 0 Å². The molecule has 1 fully saturated rings. The lowest BCUT2D eigenvalue weighted by molar-refractivity contribution is -0.120. The van der Waals surface area contributed by atoms with E-state index in [1.165, 1.54) is 4.90 Å². The lowest BCUT2D eigenvalue weighted by Gasteiger charge is -2.24. The minimum Gasteiger partial charge on any atom is -0.347 e. The number of hydrogen-bond donors (Lipinski definition) is 0. The van der Waals surface area contributed by atoms with Crippen molar-refractivity contribution in [2.45, 2.75) is 12.5 Å². The zero-order valence-electron chi connectivity index (χ0n) is 13.1. The number of nitrogens with zero attached hydrogens (tertiary/aromatic N) is 3. The van der Waals surface area contributed by atoms with Crippen LogP contribution in [0, 0.1) is 0 Å². The fraction of sp³-hybridized carbons (Fsp3) is 0.294. The van der Waals surface area contributed by atoms with Crippen LogP contribution in [-0.2, 0) is 11.8 Å². The molecule has 5 nitrogen and oxygen atoms in total. The molecule has 0 spiro atoms. The van der Waals surface area contributed by atoms with Gasteiger partial charge in [-0.3, -0.25) is 9.59 Å². The third-order valence-corrected chi connectivity index (χ3v) is 4.59. The minimum atomic E-state index is -0.464. The van der Waals surface area contributed by atoms with E-state index in [4.69, 9.17) is 11.6 Å². The average molecular weight is 332 g/mol. The number of carbonyl (C=O) groups excluding carboxylic acids is 2. The van der Waals surface area contributed by atoms with Crippen molar-refractivity contribution in [1.82, 2.24) is 9.47 Å². The molecule has 2 amide bonds. The smallest absolute Gasteiger partial charge is 0.270 e. The van der Waals surface area contributed by atoms with Gasteiger partial charge in [-0.1, -0.05) is 23.7 Å². The van der Waals surface area contributed by atoms with Crippen LogP contribution in [-0.4, -0.2) is 40.9 Å². The Morgan fingerprint density at radius 3 is 2.65 bits per heavy atom. The van der Waals surface area contributed by atoms with E-state index in [0.717, 1.165) is 0 Å². The zero-order chi connectivity index (χ0) is 16.6. The maximum absolute atomic E-state index is 12.7. The minimum absolute atomic E-state index is 0.0943. The number of aromatic nitrogens is 1. The van der Waals surface area contributed by atoms with E-state index in [0.29, 0.717) is 29.4 Å². The summed E-state index contributed by atoms with van der Waals surface area (Å²) in [6.45, 7) is 0.554. The second-order valence-corrected chi connectivity index (χ2v) is 6.07. The van der Waals surface area contributed by atoms with Crippen LogP contribution >= 0.6 is 11.6 Å². The van der Waals surface area contributed by atoms with Crippen molar-refractivity contribution in [3.63, 3.8) is 0 Å². The summed E-state index contributed by atoms with van der Waals surface area (Å²) in [5.41, 5.74) is 1.26. The van der Waals surface area contributed by atoms with E-state index in [9.17, 15) is 9.59 Å². The van der Waals surface area contributed by atoms with Crippen molar-refractivity contribution in [3.8, 4) is 0 Å². The van der Waals surface area contributed by atoms with Crippen molar-refractivity contribution < 1.29 is 9.59 Å². The number of rotatable bonds is 3. The number of halogens is 1. The Kier molecular flexibility index (Phi) is 4.13. The lowest BCUT2D eigenvalue weighted by atomic mass is 10.2. The molecule has 1 aliphatic rings. The summed E-state index contributed by atoms with van der Waals surface area (Å²) in [4.78, 5) is 28.5. The number of anilines is 1. The molecule has 3 rings (SSSR count). The molecule has 0 saturated carbocycles. The third kappa shape index (κ3) is 2.72. The summed E-state index contributed by atoms with van der Waals surface area (Å²) in [6, 6.07) is 10.4. The van der Waals surface area contributed by atoms with Crippen molar-refractivity contribution in [1.29, 1.82) is 0 Å². The summed E-state index contributed by atoms with van der Waals surface area (Å²) in [6.07, 6.45) is 2.41. The van der Waals surface area contributed by atoms with Crippen molar-refractivity contribution in [2.75, 3.05) is 18.5 Å². The Labute approximate surface area is 140 Å². The van der Waals surface area contributed by atoms with Crippen LogP contribution in [0.3, 0.4) is 0 Å². The van der Waals surface area contributed by atoms with Crippen molar-refractivity contribution in [3.05, 3.63) is 53.3 Å². The molecule has 120 valence electrons. The maximum atomic E-state index is 12.7. The second kappa shape index (κ2) is 6.08. The molecule has 1 aliphatic heterocycles. The fourth-order valence-electron chi connectivity index (χ4n) is 2.94. The molecule has 1 saturated heterocycles. The van der Waals surface area contributed by atoms with E-state index in [2.05, 4.69) is 0 Å². The highest BCUT2D eigenvalue weighted by atomic mass is 35.5. The van der Waals surface area contributed by atoms with Gasteiger partial charge in [0.05, 0.1) is 10.7 Å². The number of benzene rings is 1. The summed E-state index contributed by atoms with van der Waals surface area (Å²) < 4.78 is 1.75. The van der Waals surface area contributed by atoms with Gasteiger partial charge in [0.1, 0.15) is 11.7 Å². The van der Waals surface area contributed by atoms with Crippen LogP contribution in [0.5, 0.6) is 0 Å². The highest BCUT2D eigenvalue weighted by molar-refractivity contribution is 6.34. The van der Waals surface area contributed by atoms with Crippen molar-refractivity contribution >= 4 is 29.1 Å². The summed E-state index contributed by atoms with van der Waals surface area (Å²) in [5.74, 6) is -0.250. The highest BCUT2D eigenvalue weighted by Crippen LogP contribution is 2.30. The molecule has 0 radical (unpaired) electrons. The molecule has 2 aromatic rings. The quantitative estimate of drug-likeness (QED) is 0.867. The first-order valence-corrected chi connectivity index (χ1v) is 7.83. The molecule has 0 bridgehead atoms. The molecule has 0 N–H and O–H groups in total. The SMILES string of the molecule is CN(C(=O)c1cccn1C)C1CCN(c2ccccc2Cl)C1=O. The Morgan fingerprint density at radius 1 is 1.26 bits per heavy atom. The molecule has 1 aromatic heterocycles. The third-order valence-electron chi connectivity index (χ3n) is 4.27. The van der Waals surface area contributed by atoms with E-state index in [-0.39, 0.29) is 11.8 Å². The standard InChI is InChI=1S/C17H18ClN3O2/c1-19-10-5-8-14(19)16(22)20(2)15-9-11-21(17(15)23)13-7-4-3-6-12(13)18/h3-8,10,15H,9,11H2,1-2H3. The molecule has 6 heteroatoms. The average Bonchev–Trinajstić information content (AvgIpc) is 3.12. The summed E-state index contributed by atoms with van der Waals surface area (Å²) in [5, 5.41) is 0.540. The Hall–Kier alpha value is -2.27. The monoisotopic (exact) mass is 331 g/mol. The first-order valence-electron chi connectivity index (χ1n) is 7.45. The molecular weight excluding hydrogens is 314 g/mol. The number of amides is 2. The number of carbonyl (C=O) groups is 2. The topological polar surface area (TPSA) is 45.6 Å². The first kappa shape index (κ1) is 15.6. The molecule has 1 atom stereocenters. The van der Waals surface area contributed by atoms with Gasteiger partial charge in [-0.05, 0) is 30.7 Å². The predicted octanol–water partition coefficient (Wildman–Crippen LogP) is 2.56. The Morgan fingerprint density at radius 2 is 2.00 bits per heavy atom. The first-order chi connectivity index (χ1) is 11.0. The molecule has 1 unspecified atom stereocenters. The normalized spacial score (nSPS) is 17.6. The number of likely N-dealkylation sites (N-methyl/N-ethyl adjacent to an activating group) is 1. The molecule has 23 heavy (non-hydrogen) atoms. The van der Waals surface area contributed by atoms with Gasteiger partial charge >= 0.3 is 0 Å². The maximum Gasteiger partial charge on any atom is 0.270 e. The van der Waals surface area contributed by atoms with E-state index < -0.39 is 6.04 Å². The summed E-state index contributed by atoms with van der Waals surface area (Å²) in [7, 11) is 3.49. The van der Waals surface area contributed by atoms with Gasteiger partial charge in [0.25, 0.3) is 5.91 Å². The van der Waals surface area contributed by atoms with Gasteiger partial charge in [-0.25, -0.2) is 0 Å². The lowest BCUT2D eigenvalue weighted by Crippen LogP contribution is -2.43. The van der Waals surface area contributed by atoms with Crippen LogP contribution in [0.1, 0.15) is 16.9 Å². The second-order valence-electron chi connectivity index (χ2n) is 5.67. The van der Waals surface area contributed by atoms with Gasteiger partial charge in [0.2, 0.25) is 5.91 Å². The van der Waals surface area contributed by atoms with Gasteiger partial charge in [-0.2, -0.15) is 0 Å². The van der Waals surface area contributed by atoms with Crippen LogP contribution in [0.2, 0.25) is 5.02 Å². The molecule has 2 heterocycles. The Bertz CT molecular complexity index is 756. The van der Waals surface area contributed by atoms with Crippen LogP contribution in [0.25, 0.3) is 0 Å². The van der Waals surface area contributed by atoms with E-state index >= 15 is 0 Å². The molecule has 1 aromatic carbocycles. The van der Waals surface area contributed by atoms with Crippen LogP contribution in [0.4, 0.5) is 5.69 Å². The van der Waals surface area contributed by atoms with Gasteiger partial charge in [0.15, 0.2) is 0 Å². The Balaban J connectivity index is 1.80. The van der Waals surface area contributed by atoms with E-state index in [1.807, 2.05) is 37.5 Å². The van der Waals surface area contributed by atoms with Crippen LogP contribution < -0.4 is 4.90 Å². The van der Waals surface area contributed by atoms with E-state index in [1.54, 1.807) is 28.6 Å². The number of para-hydroxylation sites is 1. The number of aryl methyl sites for hydroxylation is 1. The molecular formula is C17H18ClN3O2. The molecule has 0 aliphatic carbocycles. The van der Waals surface area contributed by atoms with Crippen molar-refractivity contribution in [2.24, 2.45) is 7.05 Å². The van der Waals surface area contributed by atoms with Gasteiger partial charge < -0.3 is 14.4 Å². The highest BCUT2D eigenvalue weighted by Gasteiger charge is 2.38. The fourth-order valence-corrected chi connectivity index (χ4v) is 3.18. The zero-order valence-corrected chi connectivity index (χ0v) is 13.8. The summed E-state index contributed by atoms with van der Waals surface area (Å²) >= 11 is 6.18. The largest absolute Gasteiger partial charge is 0.347 e.